The first kappa shape index (κ1) is 15.9. The molecule has 114 valence electrons. The van der Waals surface area contributed by atoms with E-state index in [-0.39, 0.29) is 5.75 Å². The van der Waals surface area contributed by atoms with Crippen molar-refractivity contribution in [3.8, 4) is 0 Å². The van der Waals surface area contributed by atoms with Crippen molar-refractivity contribution < 1.29 is 8.42 Å². The quantitative estimate of drug-likeness (QED) is 0.808. The minimum atomic E-state index is -3.17. The maximum Gasteiger partial charge on any atom is 0.215 e. The summed E-state index contributed by atoms with van der Waals surface area (Å²) in [5.41, 5.74) is 0. The van der Waals surface area contributed by atoms with E-state index in [1.807, 2.05) is 24.4 Å². The van der Waals surface area contributed by atoms with E-state index in [2.05, 4.69) is 10.2 Å². The van der Waals surface area contributed by atoms with Gasteiger partial charge in [0.05, 0.1) is 5.75 Å². The maximum absolute atomic E-state index is 12.4. The van der Waals surface area contributed by atoms with Gasteiger partial charge in [-0.1, -0.05) is 13.0 Å². The lowest BCUT2D eigenvalue weighted by Crippen LogP contribution is -2.46. The number of thiophene rings is 1. The molecule has 1 aromatic rings. The van der Waals surface area contributed by atoms with Crippen LogP contribution in [0.15, 0.2) is 17.5 Å². The van der Waals surface area contributed by atoms with Gasteiger partial charge in [0.15, 0.2) is 0 Å². The Hall–Kier alpha value is -0.470. The molecule has 0 amide bonds. The minimum Gasteiger partial charge on any atom is -0.314 e. The molecule has 5 nitrogen and oxygen atoms in total. The summed E-state index contributed by atoms with van der Waals surface area (Å²) in [5, 5.41) is 5.26. The van der Waals surface area contributed by atoms with E-state index >= 15 is 0 Å². The zero-order chi connectivity index (χ0) is 14.4. The molecule has 2 heterocycles. The second-order valence-corrected chi connectivity index (χ2v) is 8.03. The summed E-state index contributed by atoms with van der Waals surface area (Å²) < 4.78 is 26.4. The molecule has 1 N–H and O–H groups in total. The minimum absolute atomic E-state index is 0.214. The summed E-state index contributed by atoms with van der Waals surface area (Å²) in [7, 11) is -3.17. The first-order valence-corrected chi connectivity index (χ1v) is 9.54. The average Bonchev–Trinajstić information content (AvgIpc) is 2.97. The fourth-order valence-electron chi connectivity index (χ4n) is 2.29. The molecule has 1 aliphatic rings. The van der Waals surface area contributed by atoms with Crippen LogP contribution >= 0.6 is 11.3 Å². The number of sulfonamides is 1. The molecule has 0 aromatic carbocycles. The number of piperazine rings is 1. The number of rotatable bonds is 7. The van der Waals surface area contributed by atoms with Gasteiger partial charge in [-0.25, -0.2) is 8.42 Å². The van der Waals surface area contributed by atoms with E-state index in [4.69, 9.17) is 0 Å². The van der Waals surface area contributed by atoms with E-state index in [1.165, 1.54) is 0 Å². The molecule has 2 rings (SSSR count). The van der Waals surface area contributed by atoms with Crippen molar-refractivity contribution in [3.63, 3.8) is 0 Å². The van der Waals surface area contributed by atoms with Crippen molar-refractivity contribution in [3.05, 3.63) is 22.4 Å². The fraction of sp³-hybridized carbons (Fsp3) is 0.692. The number of hydrogen-bond acceptors (Lipinski definition) is 5. The van der Waals surface area contributed by atoms with Crippen LogP contribution in [0.3, 0.4) is 0 Å². The zero-order valence-corrected chi connectivity index (χ0v) is 13.5. The summed E-state index contributed by atoms with van der Waals surface area (Å²) in [6.07, 6.45) is 0. The second-order valence-electron chi connectivity index (χ2n) is 4.91. The van der Waals surface area contributed by atoms with Gasteiger partial charge in [0.25, 0.3) is 0 Å². The molecule has 0 spiro atoms. The van der Waals surface area contributed by atoms with E-state index < -0.39 is 10.0 Å². The second kappa shape index (κ2) is 7.51. The van der Waals surface area contributed by atoms with Gasteiger partial charge in [-0.05, 0) is 11.4 Å². The van der Waals surface area contributed by atoms with Crippen LogP contribution in [0.2, 0.25) is 0 Å². The fourth-order valence-corrected chi connectivity index (χ4v) is 4.57. The van der Waals surface area contributed by atoms with Gasteiger partial charge in [0.1, 0.15) is 0 Å². The van der Waals surface area contributed by atoms with Crippen molar-refractivity contribution in [1.82, 2.24) is 14.5 Å². The lowest BCUT2D eigenvalue weighted by atomic mass is 10.4. The Balaban J connectivity index is 1.89. The summed E-state index contributed by atoms with van der Waals surface area (Å²) >= 11 is 1.60. The van der Waals surface area contributed by atoms with Crippen LogP contribution in [0.5, 0.6) is 0 Å². The molecule has 0 saturated carbocycles. The van der Waals surface area contributed by atoms with Gasteiger partial charge in [-0.2, -0.15) is 4.31 Å². The molecular formula is C13H23N3O2S2. The van der Waals surface area contributed by atoms with Gasteiger partial charge in [0, 0.05) is 50.7 Å². The van der Waals surface area contributed by atoms with E-state index in [0.29, 0.717) is 19.6 Å². The Kier molecular flexibility index (Phi) is 5.98. The summed E-state index contributed by atoms with van der Waals surface area (Å²) in [6.45, 7) is 7.33. The van der Waals surface area contributed by atoms with Gasteiger partial charge in [0.2, 0.25) is 10.0 Å². The largest absolute Gasteiger partial charge is 0.314 e. The predicted molar refractivity (Wildman–Crippen MR) is 83.5 cm³/mol. The first-order chi connectivity index (χ1) is 9.62. The Morgan fingerprint density at radius 1 is 1.40 bits per heavy atom. The predicted octanol–water partition coefficient (Wildman–Crippen LogP) is 0.805. The SMILES string of the molecule is CCN(Cc1cccs1)S(=O)(=O)CCN1CCNCC1. The van der Waals surface area contributed by atoms with Gasteiger partial charge >= 0.3 is 0 Å². The zero-order valence-electron chi connectivity index (χ0n) is 11.9. The Labute approximate surface area is 125 Å². The van der Waals surface area contributed by atoms with Crippen LogP contribution in [-0.2, 0) is 16.6 Å². The third kappa shape index (κ3) is 4.53. The van der Waals surface area contributed by atoms with Gasteiger partial charge in [-0.3, -0.25) is 4.90 Å². The topological polar surface area (TPSA) is 52.7 Å². The molecule has 1 aromatic heterocycles. The van der Waals surface area contributed by atoms with Gasteiger partial charge in [-0.15, -0.1) is 11.3 Å². The molecule has 0 aliphatic carbocycles. The molecule has 1 fully saturated rings. The van der Waals surface area contributed by atoms with Crippen LogP contribution in [0.4, 0.5) is 0 Å². The molecule has 0 unspecified atom stereocenters. The number of nitrogens with zero attached hydrogens (tertiary/aromatic N) is 2. The lowest BCUT2D eigenvalue weighted by Gasteiger charge is -2.28. The third-order valence-corrected chi connectivity index (χ3v) is 6.27. The molecule has 0 bridgehead atoms. The van der Waals surface area contributed by atoms with Crippen molar-refractivity contribution in [2.45, 2.75) is 13.5 Å². The normalized spacial score (nSPS) is 17.7. The monoisotopic (exact) mass is 317 g/mol. The highest BCUT2D eigenvalue weighted by atomic mass is 32.2. The van der Waals surface area contributed by atoms with Crippen LogP contribution in [0.25, 0.3) is 0 Å². The van der Waals surface area contributed by atoms with Crippen LogP contribution in [0, 0.1) is 0 Å². The molecule has 1 saturated heterocycles. The van der Waals surface area contributed by atoms with E-state index in [0.717, 1.165) is 31.1 Å². The maximum atomic E-state index is 12.4. The van der Waals surface area contributed by atoms with E-state index in [1.54, 1.807) is 15.6 Å². The van der Waals surface area contributed by atoms with Crippen molar-refractivity contribution in [2.75, 3.05) is 45.0 Å². The highest BCUT2D eigenvalue weighted by Crippen LogP contribution is 2.14. The van der Waals surface area contributed by atoms with Crippen molar-refractivity contribution in [1.29, 1.82) is 0 Å². The van der Waals surface area contributed by atoms with Crippen LogP contribution in [-0.4, -0.2) is 62.6 Å². The number of hydrogen-bond donors (Lipinski definition) is 1. The molecule has 7 heteroatoms. The van der Waals surface area contributed by atoms with Gasteiger partial charge < -0.3 is 5.32 Å². The molecule has 20 heavy (non-hydrogen) atoms. The smallest absolute Gasteiger partial charge is 0.215 e. The Morgan fingerprint density at radius 2 is 2.15 bits per heavy atom. The lowest BCUT2D eigenvalue weighted by molar-refractivity contribution is 0.252. The van der Waals surface area contributed by atoms with Crippen molar-refractivity contribution in [2.24, 2.45) is 0 Å². The summed E-state index contributed by atoms with van der Waals surface area (Å²) in [4.78, 5) is 3.31. The summed E-state index contributed by atoms with van der Waals surface area (Å²) in [6, 6.07) is 3.94. The van der Waals surface area contributed by atoms with E-state index in [9.17, 15) is 8.42 Å². The van der Waals surface area contributed by atoms with Crippen molar-refractivity contribution >= 4 is 21.4 Å². The first-order valence-electron chi connectivity index (χ1n) is 7.05. The summed E-state index contributed by atoms with van der Waals surface area (Å²) in [5.74, 6) is 0.214. The highest BCUT2D eigenvalue weighted by molar-refractivity contribution is 7.89. The number of nitrogens with one attached hydrogen (secondary N) is 1. The Bertz CT molecular complexity index is 482. The molecule has 1 aliphatic heterocycles. The molecule has 0 radical (unpaired) electrons. The molecular weight excluding hydrogens is 294 g/mol. The van der Waals surface area contributed by atoms with Crippen LogP contribution < -0.4 is 5.32 Å². The molecule has 0 atom stereocenters. The average molecular weight is 317 g/mol. The highest BCUT2D eigenvalue weighted by Gasteiger charge is 2.22. The van der Waals surface area contributed by atoms with Crippen LogP contribution in [0.1, 0.15) is 11.8 Å². The standard InChI is InChI=1S/C13H23N3O2S2/c1-2-16(12-13-4-3-10-19-13)20(17,18)11-9-15-7-5-14-6-8-15/h3-4,10,14H,2,5-9,11-12H2,1H3. The Morgan fingerprint density at radius 3 is 2.75 bits per heavy atom. The third-order valence-electron chi connectivity index (χ3n) is 3.53.